The molecule has 0 fully saturated rings. The normalized spacial score (nSPS) is 10.2. The van der Waals surface area contributed by atoms with Crippen LogP contribution in [0.5, 0.6) is 0 Å². The maximum atomic E-state index is 11.5. The Bertz CT molecular complexity index is 727. The van der Waals surface area contributed by atoms with Gasteiger partial charge in [0.2, 0.25) is 0 Å². The number of amides is 1. The zero-order valence-corrected chi connectivity index (χ0v) is 10.8. The molecule has 0 unspecified atom stereocenters. The van der Waals surface area contributed by atoms with Gasteiger partial charge in [-0.3, -0.25) is 14.3 Å². The number of hydrogen-bond acceptors (Lipinski definition) is 5. The topological polar surface area (TPSA) is 111 Å². The van der Waals surface area contributed by atoms with E-state index in [-0.39, 0.29) is 18.8 Å². The van der Waals surface area contributed by atoms with Gasteiger partial charge in [0.1, 0.15) is 6.54 Å². The fraction of sp³-hybridized carbons (Fsp3) is 0.231. The standard InChI is InChI=1S/C13H12N4O3/c1-2-20-11(18)7-17-10-5-8(6-14)3-4-9(10)12(16-17)13(15)19/h3-5H,2,7H2,1H3,(H2,15,19). The van der Waals surface area contributed by atoms with Gasteiger partial charge in [0, 0.05) is 5.39 Å². The first-order chi connectivity index (χ1) is 9.56. The van der Waals surface area contributed by atoms with E-state index in [0.29, 0.717) is 16.5 Å². The second-order valence-corrected chi connectivity index (χ2v) is 4.02. The molecule has 0 saturated heterocycles. The van der Waals surface area contributed by atoms with Crippen LogP contribution in [0.2, 0.25) is 0 Å². The van der Waals surface area contributed by atoms with Gasteiger partial charge in [-0.1, -0.05) is 0 Å². The number of fused-ring (bicyclic) bond motifs is 1. The predicted molar refractivity (Wildman–Crippen MR) is 69.6 cm³/mol. The third kappa shape index (κ3) is 2.44. The molecule has 0 spiro atoms. The molecule has 1 heterocycles. The van der Waals surface area contributed by atoms with E-state index in [0.717, 1.165) is 0 Å². The molecule has 1 aromatic carbocycles. The van der Waals surface area contributed by atoms with Crippen molar-refractivity contribution < 1.29 is 14.3 Å². The van der Waals surface area contributed by atoms with Crippen LogP contribution in [-0.2, 0) is 16.1 Å². The molecular weight excluding hydrogens is 260 g/mol. The minimum atomic E-state index is -0.692. The van der Waals surface area contributed by atoms with E-state index in [1.54, 1.807) is 25.1 Å². The molecule has 0 atom stereocenters. The lowest BCUT2D eigenvalue weighted by atomic mass is 10.1. The lowest BCUT2D eigenvalue weighted by molar-refractivity contribution is -0.143. The number of benzene rings is 1. The molecule has 0 aliphatic carbocycles. The molecule has 0 bridgehead atoms. The zero-order chi connectivity index (χ0) is 14.7. The van der Waals surface area contributed by atoms with Crippen molar-refractivity contribution in [1.29, 1.82) is 5.26 Å². The first-order valence-corrected chi connectivity index (χ1v) is 5.93. The molecule has 7 nitrogen and oxygen atoms in total. The quantitative estimate of drug-likeness (QED) is 0.818. The van der Waals surface area contributed by atoms with Crippen molar-refractivity contribution in [1.82, 2.24) is 9.78 Å². The molecule has 0 radical (unpaired) electrons. The van der Waals surface area contributed by atoms with Crippen LogP contribution in [0, 0.1) is 11.3 Å². The largest absolute Gasteiger partial charge is 0.465 e. The van der Waals surface area contributed by atoms with Crippen molar-refractivity contribution in [2.24, 2.45) is 5.73 Å². The zero-order valence-electron chi connectivity index (χ0n) is 10.8. The van der Waals surface area contributed by atoms with Gasteiger partial charge >= 0.3 is 5.97 Å². The molecule has 102 valence electrons. The summed E-state index contributed by atoms with van der Waals surface area (Å²) in [6.07, 6.45) is 0. The third-order valence-electron chi connectivity index (χ3n) is 2.70. The van der Waals surface area contributed by atoms with E-state index in [9.17, 15) is 9.59 Å². The van der Waals surface area contributed by atoms with Gasteiger partial charge in [-0.15, -0.1) is 0 Å². The highest BCUT2D eigenvalue weighted by atomic mass is 16.5. The Labute approximate surface area is 114 Å². The lowest BCUT2D eigenvalue weighted by Gasteiger charge is -2.03. The number of nitriles is 1. The number of rotatable bonds is 4. The maximum absolute atomic E-state index is 11.5. The molecule has 1 aromatic heterocycles. The van der Waals surface area contributed by atoms with Crippen molar-refractivity contribution >= 4 is 22.8 Å². The second kappa shape index (κ2) is 5.40. The van der Waals surface area contributed by atoms with Gasteiger partial charge in [-0.25, -0.2) is 0 Å². The van der Waals surface area contributed by atoms with Gasteiger partial charge in [0.25, 0.3) is 5.91 Å². The Kier molecular flexibility index (Phi) is 3.66. The first-order valence-electron chi connectivity index (χ1n) is 5.93. The molecule has 2 rings (SSSR count). The third-order valence-corrected chi connectivity index (χ3v) is 2.70. The SMILES string of the molecule is CCOC(=O)Cn1nc(C(N)=O)c2ccc(C#N)cc21. The monoisotopic (exact) mass is 272 g/mol. The number of primary amides is 1. The van der Waals surface area contributed by atoms with Crippen LogP contribution in [0.4, 0.5) is 0 Å². The lowest BCUT2D eigenvalue weighted by Crippen LogP contribution is -2.16. The number of nitrogens with zero attached hydrogens (tertiary/aromatic N) is 3. The minimum absolute atomic E-state index is 0.0637. The van der Waals surface area contributed by atoms with Crippen LogP contribution in [0.1, 0.15) is 23.0 Å². The van der Waals surface area contributed by atoms with Gasteiger partial charge in [-0.2, -0.15) is 10.4 Å². The summed E-state index contributed by atoms with van der Waals surface area (Å²) in [4.78, 5) is 22.9. The van der Waals surface area contributed by atoms with Gasteiger partial charge in [0.05, 0.1) is 23.8 Å². The highest BCUT2D eigenvalue weighted by molar-refractivity contribution is 6.04. The average Bonchev–Trinajstić information content (AvgIpc) is 2.77. The Hall–Kier alpha value is -2.88. The van der Waals surface area contributed by atoms with E-state index >= 15 is 0 Å². The summed E-state index contributed by atoms with van der Waals surface area (Å²) in [6, 6.07) is 6.69. The van der Waals surface area contributed by atoms with Crippen molar-refractivity contribution in [2.45, 2.75) is 13.5 Å². The van der Waals surface area contributed by atoms with E-state index in [2.05, 4.69) is 5.10 Å². The van der Waals surface area contributed by atoms with Crippen LogP contribution in [0.25, 0.3) is 10.9 Å². The van der Waals surface area contributed by atoms with Gasteiger partial charge < -0.3 is 10.5 Å². The molecular formula is C13H12N4O3. The van der Waals surface area contributed by atoms with Crippen LogP contribution >= 0.6 is 0 Å². The number of esters is 1. The van der Waals surface area contributed by atoms with Crippen LogP contribution in [0.15, 0.2) is 18.2 Å². The fourth-order valence-corrected chi connectivity index (χ4v) is 1.87. The molecule has 20 heavy (non-hydrogen) atoms. The number of nitrogens with two attached hydrogens (primary N) is 1. The molecule has 0 aliphatic heterocycles. The van der Waals surface area contributed by atoms with Crippen molar-refractivity contribution in [3.05, 3.63) is 29.5 Å². The van der Waals surface area contributed by atoms with Crippen LogP contribution in [-0.4, -0.2) is 28.3 Å². The summed E-state index contributed by atoms with van der Waals surface area (Å²) in [6.45, 7) is 1.80. The molecule has 2 N–H and O–H groups in total. The Morgan fingerprint density at radius 3 is 2.85 bits per heavy atom. The minimum Gasteiger partial charge on any atom is -0.465 e. The summed E-state index contributed by atoms with van der Waals surface area (Å²) in [5.41, 5.74) is 6.21. The van der Waals surface area contributed by atoms with Gasteiger partial charge in [-0.05, 0) is 25.1 Å². The van der Waals surface area contributed by atoms with E-state index in [1.807, 2.05) is 6.07 Å². The molecule has 0 aliphatic rings. The highest BCUT2D eigenvalue weighted by Gasteiger charge is 2.17. The summed E-state index contributed by atoms with van der Waals surface area (Å²) in [5.74, 6) is -1.17. The molecule has 0 saturated carbocycles. The first kappa shape index (κ1) is 13.5. The van der Waals surface area contributed by atoms with Crippen LogP contribution < -0.4 is 5.73 Å². The smallest absolute Gasteiger partial charge is 0.327 e. The summed E-state index contributed by atoms with van der Waals surface area (Å²) < 4.78 is 6.15. The average molecular weight is 272 g/mol. The summed E-state index contributed by atoms with van der Waals surface area (Å²) in [7, 11) is 0. The highest BCUT2D eigenvalue weighted by Crippen LogP contribution is 2.20. The number of ether oxygens (including phenoxy) is 1. The predicted octanol–water partition coefficient (Wildman–Crippen LogP) is 0.570. The van der Waals surface area contributed by atoms with Crippen LogP contribution in [0.3, 0.4) is 0 Å². The van der Waals surface area contributed by atoms with Gasteiger partial charge in [0.15, 0.2) is 5.69 Å². The number of hydrogen-bond donors (Lipinski definition) is 1. The molecule has 1 amide bonds. The molecule has 7 heteroatoms. The van der Waals surface area contributed by atoms with Crippen molar-refractivity contribution in [2.75, 3.05) is 6.61 Å². The fourth-order valence-electron chi connectivity index (χ4n) is 1.87. The van der Waals surface area contributed by atoms with E-state index in [4.69, 9.17) is 15.7 Å². The van der Waals surface area contributed by atoms with E-state index < -0.39 is 11.9 Å². The van der Waals surface area contributed by atoms with E-state index in [1.165, 1.54) is 4.68 Å². The Morgan fingerprint density at radius 2 is 2.25 bits per heavy atom. The Morgan fingerprint density at radius 1 is 1.50 bits per heavy atom. The summed E-state index contributed by atoms with van der Waals surface area (Å²) >= 11 is 0. The number of carbonyl (C=O) groups excluding carboxylic acids is 2. The second-order valence-electron chi connectivity index (χ2n) is 4.02. The maximum Gasteiger partial charge on any atom is 0.327 e. The summed E-state index contributed by atoms with van der Waals surface area (Å²) in [5, 5.41) is 13.4. The number of aromatic nitrogens is 2. The number of carbonyl (C=O) groups is 2. The Balaban J connectivity index is 2.55. The van der Waals surface area contributed by atoms with Crippen molar-refractivity contribution in [3.63, 3.8) is 0 Å². The van der Waals surface area contributed by atoms with Crippen molar-refractivity contribution in [3.8, 4) is 6.07 Å². The molecule has 2 aromatic rings.